The summed E-state index contributed by atoms with van der Waals surface area (Å²) in [6, 6.07) is 15.8. The van der Waals surface area contributed by atoms with Gasteiger partial charge in [0.25, 0.3) is 0 Å². The molecule has 35 heavy (non-hydrogen) atoms. The second-order valence-corrected chi connectivity index (χ2v) is 11.5. The number of sulfonamides is 1. The maximum absolute atomic E-state index is 13.2. The molecule has 2 aromatic rings. The molecule has 0 spiro atoms. The van der Waals surface area contributed by atoms with E-state index in [4.69, 9.17) is 0 Å². The summed E-state index contributed by atoms with van der Waals surface area (Å²) >= 11 is 0. The van der Waals surface area contributed by atoms with Crippen molar-refractivity contribution in [3.63, 3.8) is 0 Å². The van der Waals surface area contributed by atoms with Crippen LogP contribution in [0.15, 0.2) is 59.5 Å². The van der Waals surface area contributed by atoms with Crippen molar-refractivity contribution in [2.45, 2.75) is 63.9 Å². The van der Waals surface area contributed by atoms with Gasteiger partial charge in [-0.2, -0.15) is 4.31 Å². The highest BCUT2D eigenvalue weighted by atomic mass is 32.2. The first-order valence-corrected chi connectivity index (χ1v) is 13.8. The number of amides is 2. The molecule has 0 aliphatic carbocycles. The van der Waals surface area contributed by atoms with E-state index in [1.165, 1.54) is 4.31 Å². The summed E-state index contributed by atoms with van der Waals surface area (Å²) in [6.07, 6.45) is 2.49. The van der Waals surface area contributed by atoms with Crippen molar-refractivity contribution < 1.29 is 18.0 Å². The molecule has 3 rings (SSSR count). The van der Waals surface area contributed by atoms with Crippen LogP contribution in [-0.4, -0.2) is 55.1 Å². The Morgan fingerprint density at radius 2 is 1.57 bits per heavy atom. The topological polar surface area (TPSA) is 86.8 Å². The first kappa shape index (κ1) is 26.9. The monoisotopic (exact) mass is 499 g/mol. The van der Waals surface area contributed by atoms with Crippen LogP contribution in [0.25, 0.3) is 0 Å². The van der Waals surface area contributed by atoms with Gasteiger partial charge in [0, 0.05) is 32.6 Å². The average molecular weight is 500 g/mol. The van der Waals surface area contributed by atoms with Crippen molar-refractivity contribution in [2.24, 2.45) is 5.92 Å². The number of rotatable bonds is 11. The Morgan fingerprint density at radius 1 is 0.943 bits per heavy atom. The van der Waals surface area contributed by atoms with Gasteiger partial charge in [-0.15, -0.1) is 0 Å². The molecule has 0 unspecified atom stereocenters. The number of hydrogen-bond acceptors (Lipinski definition) is 4. The van der Waals surface area contributed by atoms with Gasteiger partial charge in [0.1, 0.15) is 6.04 Å². The highest BCUT2D eigenvalue weighted by Crippen LogP contribution is 2.21. The predicted octanol–water partition coefficient (Wildman–Crippen LogP) is 3.59. The summed E-state index contributed by atoms with van der Waals surface area (Å²) in [5.41, 5.74) is 1.84. The van der Waals surface area contributed by atoms with Crippen LogP contribution in [0.1, 0.15) is 51.2 Å². The number of nitrogens with one attached hydrogen (secondary N) is 1. The molecule has 0 saturated carbocycles. The van der Waals surface area contributed by atoms with Crippen LogP contribution in [0.5, 0.6) is 0 Å². The second-order valence-electron chi connectivity index (χ2n) is 9.58. The zero-order valence-electron chi connectivity index (χ0n) is 20.9. The van der Waals surface area contributed by atoms with E-state index < -0.39 is 16.1 Å². The lowest BCUT2D eigenvalue weighted by Gasteiger charge is -2.29. The molecule has 1 aliphatic rings. The van der Waals surface area contributed by atoms with Crippen LogP contribution in [-0.2, 0) is 32.6 Å². The van der Waals surface area contributed by atoms with Crippen molar-refractivity contribution in [3.8, 4) is 0 Å². The van der Waals surface area contributed by atoms with E-state index in [1.807, 2.05) is 44.2 Å². The molecule has 1 atom stereocenters. The minimum atomic E-state index is -3.45. The first-order chi connectivity index (χ1) is 16.7. The van der Waals surface area contributed by atoms with E-state index in [-0.39, 0.29) is 23.1 Å². The lowest BCUT2D eigenvalue weighted by molar-refractivity contribution is -0.140. The molecule has 7 nitrogen and oxygen atoms in total. The van der Waals surface area contributed by atoms with Gasteiger partial charge in [0.15, 0.2) is 0 Å². The minimum absolute atomic E-state index is 0.116. The number of carbonyl (C=O) groups is 2. The quantitative estimate of drug-likeness (QED) is 0.512. The molecule has 1 saturated heterocycles. The maximum atomic E-state index is 13.2. The molecule has 1 heterocycles. The van der Waals surface area contributed by atoms with Gasteiger partial charge in [-0.25, -0.2) is 8.42 Å². The molecule has 190 valence electrons. The van der Waals surface area contributed by atoms with Gasteiger partial charge >= 0.3 is 0 Å². The Morgan fingerprint density at radius 3 is 2.17 bits per heavy atom. The zero-order chi connectivity index (χ0) is 25.4. The van der Waals surface area contributed by atoms with Crippen molar-refractivity contribution in [1.82, 2.24) is 14.5 Å². The molecule has 8 heteroatoms. The van der Waals surface area contributed by atoms with Gasteiger partial charge in [-0.3, -0.25) is 9.59 Å². The van der Waals surface area contributed by atoms with Crippen molar-refractivity contribution in [1.29, 1.82) is 0 Å². The Kier molecular flexibility index (Phi) is 9.46. The number of carbonyl (C=O) groups excluding carboxylic acids is 2. The van der Waals surface area contributed by atoms with Crippen LogP contribution < -0.4 is 5.32 Å². The normalized spacial score (nSPS) is 15.2. The van der Waals surface area contributed by atoms with Crippen LogP contribution in [0.2, 0.25) is 0 Å². The first-order valence-electron chi connectivity index (χ1n) is 12.4. The summed E-state index contributed by atoms with van der Waals surface area (Å²) in [6.45, 7) is 7.86. The summed E-state index contributed by atoms with van der Waals surface area (Å²) in [7, 11) is -3.45. The Balaban J connectivity index is 1.66. The molecule has 1 aliphatic heterocycles. The van der Waals surface area contributed by atoms with E-state index in [2.05, 4.69) is 5.32 Å². The molecule has 0 aromatic heterocycles. The predicted molar refractivity (Wildman–Crippen MR) is 137 cm³/mol. The standard InChI is InChI=1S/C27H37N3O4S/c1-21(2)19-28-27(32)22(3)30(20-24-9-5-4-6-10-24)26(31)16-13-23-11-14-25(15-12-23)35(33,34)29-17-7-8-18-29/h4-6,9-12,14-15,21-22H,7-8,13,16-20H2,1-3H3,(H,28,32)/t22-/m1/s1. The van der Waals surface area contributed by atoms with E-state index >= 15 is 0 Å². The molecule has 2 aromatic carbocycles. The van der Waals surface area contributed by atoms with Crippen LogP contribution in [0.3, 0.4) is 0 Å². The fourth-order valence-electron chi connectivity index (χ4n) is 4.12. The molecule has 0 bridgehead atoms. The third kappa shape index (κ3) is 7.39. The molecule has 1 N–H and O–H groups in total. The third-order valence-electron chi connectivity index (χ3n) is 6.30. The highest BCUT2D eigenvalue weighted by Gasteiger charge is 2.28. The Labute approximate surface area is 209 Å². The summed E-state index contributed by atoms with van der Waals surface area (Å²) < 4.78 is 27.0. The lowest BCUT2D eigenvalue weighted by Crippen LogP contribution is -2.48. The fourth-order valence-corrected chi connectivity index (χ4v) is 5.63. The average Bonchev–Trinajstić information content (AvgIpc) is 3.41. The SMILES string of the molecule is CC(C)CNC(=O)[C@@H](C)N(Cc1ccccc1)C(=O)CCc1ccc(S(=O)(=O)N2CCCC2)cc1. The number of hydrogen-bond donors (Lipinski definition) is 1. The van der Waals surface area contributed by atoms with Crippen molar-refractivity contribution in [3.05, 3.63) is 65.7 Å². The van der Waals surface area contributed by atoms with E-state index in [9.17, 15) is 18.0 Å². The maximum Gasteiger partial charge on any atom is 0.243 e. The molecule has 2 amide bonds. The Hall–Kier alpha value is -2.71. The van der Waals surface area contributed by atoms with E-state index in [1.54, 1.807) is 36.1 Å². The van der Waals surface area contributed by atoms with Gasteiger partial charge in [0.05, 0.1) is 4.90 Å². The van der Waals surface area contributed by atoms with E-state index in [0.29, 0.717) is 38.5 Å². The van der Waals surface area contributed by atoms with Gasteiger partial charge in [0.2, 0.25) is 21.8 Å². The van der Waals surface area contributed by atoms with Crippen LogP contribution in [0, 0.1) is 5.92 Å². The van der Waals surface area contributed by atoms with Gasteiger partial charge in [-0.05, 0) is 55.4 Å². The van der Waals surface area contributed by atoms with Crippen LogP contribution in [0.4, 0.5) is 0 Å². The summed E-state index contributed by atoms with van der Waals surface area (Å²) in [5, 5.41) is 2.93. The second kappa shape index (κ2) is 12.3. The van der Waals surface area contributed by atoms with Crippen molar-refractivity contribution in [2.75, 3.05) is 19.6 Å². The number of aryl methyl sites for hydroxylation is 1. The van der Waals surface area contributed by atoms with Gasteiger partial charge < -0.3 is 10.2 Å². The minimum Gasteiger partial charge on any atom is -0.354 e. The fraction of sp³-hybridized carbons (Fsp3) is 0.481. The van der Waals surface area contributed by atoms with E-state index in [0.717, 1.165) is 24.0 Å². The molecule has 1 fully saturated rings. The van der Waals surface area contributed by atoms with Crippen LogP contribution >= 0.6 is 0 Å². The molecular formula is C27H37N3O4S. The summed E-state index contributed by atoms with van der Waals surface area (Å²) in [4.78, 5) is 27.9. The Bertz CT molecular complexity index is 1080. The van der Waals surface area contributed by atoms with Gasteiger partial charge in [-0.1, -0.05) is 56.3 Å². The number of nitrogens with zero attached hydrogens (tertiary/aromatic N) is 2. The third-order valence-corrected chi connectivity index (χ3v) is 8.21. The molecular weight excluding hydrogens is 462 g/mol. The highest BCUT2D eigenvalue weighted by molar-refractivity contribution is 7.89. The molecule has 0 radical (unpaired) electrons. The smallest absolute Gasteiger partial charge is 0.243 e. The number of benzene rings is 2. The lowest BCUT2D eigenvalue weighted by atomic mass is 10.1. The largest absolute Gasteiger partial charge is 0.354 e. The van der Waals surface area contributed by atoms with Crippen molar-refractivity contribution >= 4 is 21.8 Å². The zero-order valence-corrected chi connectivity index (χ0v) is 21.8. The summed E-state index contributed by atoms with van der Waals surface area (Å²) in [5.74, 6) is 0.0379.